The van der Waals surface area contributed by atoms with Crippen molar-refractivity contribution in [2.45, 2.75) is 26.0 Å². The van der Waals surface area contributed by atoms with Crippen LogP contribution in [-0.4, -0.2) is 29.6 Å². The summed E-state index contributed by atoms with van der Waals surface area (Å²) >= 11 is 9.67. The number of nitrogens with zero attached hydrogens (tertiary/aromatic N) is 2. The molecule has 3 unspecified atom stereocenters. The first-order valence-corrected chi connectivity index (χ1v) is 12.3. The van der Waals surface area contributed by atoms with Crippen LogP contribution in [0, 0.1) is 12.8 Å². The van der Waals surface area contributed by atoms with Gasteiger partial charge in [0.15, 0.2) is 17.6 Å². The Bertz CT molecular complexity index is 1320. The number of fused-ring (bicyclic) bond motifs is 1. The number of imide groups is 1. The summed E-state index contributed by atoms with van der Waals surface area (Å²) in [6.07, 6.45) is -1.02. The summed E-state index contributed by atoms with van der Waals surface area (Å²) in [5.41, 5.74) is 2.43. The number of aromatic hydroxyl groups is 1. The Morgan fingerprint density at radius 1 is 1.09 bits per heavy atom. The molecule has 0 aromatic heterocycles. The highest BCUT2D eigenvalue weighted by Gasteiger charge is 2.60. The van der Waals surface area contributed by atoms with Crippen LogP contribution in [0.5, 0.6) is 11.5 Å². The summed E-state index contributed by atoms with van der Waals surface area (Å²) in [5.74, 6) is -1.42. The van der Waals surface area contributed by atoms with Crippen LogP contribution in [0.25, 0.3) is 0 Å². The Kier molecular flexibility index (Phi) is 6.21. The number of ether oxygens (including phenoxy) is 1. The third-order valence-corrected chi connectivity index (χ3v) is 7.31. The van der Waals surface area contributed by atoms with Gasteiger partial charge in [-0.1, -0.05) is 35.9 Å². The van der Waals surface area contributed by atoms with Crippen LogP contribution in [-0.2, 0) is 14.4 Å². The molecule has 2 heterocycles. The van der Waals surface area contributed by atoms with Crippen molar-refractivity contribution in [2.24, 2.45) is 5.92 Å². The second-order valence-corrected chi connectivity index (χ2v) is 9.60. The number of rotatable bonds is 5. The molecule has 5 rings (SSSR count). The maximum atomic E-state index is 13.8. The van der Waals surface area contributed by atoms with Crippen molar-refractivity contribution in [3.8, 4) is 11.5 Å². The quantitative estimate of drug-likeness (QED) is 0.414. The number of amides is 2. The summed E-state index contributed by atoms with van der Waals surface area (Å²) in [5, 5.41) is 12.5. The van der Waals surface area contributed by atoms with Crippen LogP contribution >= 0.6 is 27.5 Å². The van der Waals surface area contributed by atoms with Crippen molar-refractivity contribution in [1.82, 2.24) is 0 Å². The highest BCUT2D eigenvalue weighted by atomic mass is 79.9. The van der Waals surface area contributed by atoms with Crippen LogP contribution in [0.15, 0.2) is 65.1 Å². The molecule has 3 aromatic rings. The first kappa shape index (κ1) is 23.7. The van der Waals surface area contributed by atoms with Crippen LogP contribution < -0.4 is 14.7 Å². The molecule has 2 saturated heterocycles. The number of hydrogen-bond donors (Lipinski definition) is 1. The molecule has 0 bridgehead atoms. The molecule has 3 aromatic carbocycles. The first-order chi connectivity index (χ1) is 16.8. The largest absolute Gasteiger partial charge is 0.503 e. The minimum absolute atomic E-state index is 0.0395. The Labute approximate surface area is 215 Å². The fraction of sp³-hybridized carbons (Fsp3) is 0.231. The van der Waals surface area contributed by atoms with Crippen molar-refractivity contribution < 1.29 is 24.3 Å². The molecule has 9 heteroatoms. The molecule has 0 radical (unpaired) electrons. The molecule has 3 atom stereocenters. The van der Waals surface area contributed by atoms with Gasteiger partial charge in [0.2, 0.25) is 5.91 Å². The van der Waals surface area contributed by atoms with E-state index in [1.165, 1.54) is 4.90 Å². The minimum Gasteiger partial charge on any atom is -0.503 e. The van der Waals surface area contributed by atoms with E-state index in [1.54, 1.807) is 42.3 Å². The number of phenols is 1. The summed E-state index contributed by atoms with van der Waals surface area (Å²) in [6.45, 7) is 3.93. The summed E-state index contributed by atoms with van der Waals surface area (Å²) in [4.78, 5) is 34.7. The molecular formula is C26H22BrClN2O5. The van der Waals surface area contributed by atoms with Crippen LogP contribution in [0.4, 0.5) is 11.4 Å². The Morgan fingerprint density at radius 2 is 1.83 bits per heavy atom. The number of halogens is 2. The topological polar surface area (TPSA) is 79.3 Å². The lowest BCUT2D eigenvalue weighted by atomic mass is 9.90. The Hall–Kier alpha value is -3.07. The zero-order valence-corrected chi connectivity index (χ0v) is 21.3. The molecule has 7 nitrogen and oxygen atoms in total. The van der Waals surface area contributed by atoms with E-state index < -0.39 is 24.0 Å². The average molecular weight is 558 g/mol. The van der Waals surface area contributed by atoms with Gasteiger partial charge in [-0.25, -0.2) is 9.96 Å². The second kappa shape index (κ2) is 9.18. The SMILES string of the molecule is CCOc1cc(C2C3C(=O)N(c4cccc(Cl)c4C)C(=O)C3ON2c2ccccc2)cc(Br)c1O. The van der Waals surface area contributed by atoms with Gasteiger partial charge in [0.1, 0.15) is 5.92 Å². The molecule has 0 spiro atoms. The minimum atomic E-state index is -1.02. The van der Waals surface area contributed by atoms with E-state index in [1.807, 2.05) is 37.3 Å². The lowest BCUT2D eigenvalue weighted by molar-refractivity contribution is -0.126. The van der Waals surface area contributed by atoms with Gasteiger partial charge in [0, 0.05) is 5.02 Å². The lowest BCUT2D eigenvalue weighted by Gasteiger charge is -2.29. The van der Waals surface area contributed by atoms with Gasteiger partial charge in [-0.3, -0.25) is 14.4 Å². The standard InChI is InChI=1S/C26H22BrClN2O5/c1-3-34-20-13-15(12-17(27)23(20)31)22-21-24(35-30(22)16-8-5-4-6-9-16)26(33)29(25(21)32)19-11-7-10-18(28)14(19)2/h4-13,21-22,24,31H,3H2,1-2H3. The number of carbonyl (C=O) groups excluding carboxylic acids is 2. The maximum absolute atomic E-state index is 13.8. The maximum Gasteiger partial charge on any atom is 0.266 e. The number of anilines is 2. The predicted molar refractivity (Wildman–Crippen MR) is 136 cm³/mol. The van der Waals surface area contributed by atoms with Gasteiger partial charge in [-0.15, -0.1) is 0 Å². The molecule has 2 aliphatic rings. The fourth-order valence-corrected chi connectivity index (χ4v) is 5.29. The van der Waals surface area contributed by atoms with Gasteiger partial charge in [0.05, 0.1) is 28.5 Å². The van der Waals surface area contributed by atoms with E-state index in [-0.39, 0.29) is 17.4 Å². The zero-order chi connectivity index (χ0) is 24.9. The molecule has 2 fully saturated rings. The van der Waals surface area contributed by atoms with E-state index in [0.717, 1.165) is 0 Å². The second-order valence-electron chi connectivity index (χ2n) is 8.34. The van der Waals surface area contributed by atoms with Gasteiger partial charge < -0.3 is 9.84 Å². The van der Waals surface area contributed by atoms with Crippen LogP contribution in [0.2, 0.25) is 5.02 Å². The number of phenolic OH excluding ortho intramolecular Hbond substituents is 1. The number of para-hydroxylation sites is 1. The predicted octanol–water partition coefficient (Wildman–Crippen LogP) is 5.57. The molecule has 1 N–H and O–H groups in total. The fourth-order valence-electron chi connectivity index (χ4n) is 4.66. The van der Waals surface area contributed by atoms with Gasteiger partial charge in [0.25, 0.3) is 5.91 Å². The monoisotopic (exact) mass is 556 g/mol. The lowest BCUT2D eigenvalue weighted by Crippen LogP contribution is -2.37. The van der Waals surface area contributed by atoms with Gasteiger partial charge >= 0.3 is 0 Å². The molecular weight excluding hydrogens is 536 g/mol. The number of hydroxylamine groups is 1. The third kappa shape index (κ3) is 3.86. The summed E-state index contributed by atoms with van der Waals surface area (Å²) < 4.78 is 6.03. The van der Waals surface area contributed by atoms with Crippen molar-refractivity contribution in [2.75, 3.05) is 16.6 Å². The molecule has 0 saturated carbocycles. The first-order valence-electron chi connectivity index (χ1n) is 11.1. The molecule has 0 aliphatic carbocycles. The molecule has 35 heavy (non-hydrogen) atoms. The van der Waals surface area contributed by atoms with E-state index in [2.05, 4.69) is 15.9 Å². The highest BCUT2D eigenvalue weighted by Crippen LogP contribution is 2.50. The zero-order valence-electron chi connectivity index (χ0n) is 18.9. The average Bonchev–Trinajstić information content (AvgIpc) is 3.35. The third-order valence-electron chi connectivity index (χ3n) is 6.30. The van der Waals surface area contributed by atoms with Crippen molar-refractivity contribution >= 4 is 50.7 Å². The van der Waals surface area contributed by atoms with Crippen molar-refractivity contribution in [1.29, 1.82) is 0 Å². The Balaban J connectivity index is 1.64. The number of carbonyl (C=O) groups is 2. The summed E-state index contributed by atoms with van der Waals surface area (Å²) in [7, 11) is 0. The molecule has 2 aliphatic heterocycles. The van der Waals surface area contributed by atoms with E-state index in [9.17, 15) is 14.7 Å². The van der Waals surface area contributed by atoms with E-state index in [4.69, 9.17) is 21.2 Å². The molecule has 180 valence electrons. The summed E-state index contributed by atoms with van der Waals surface area (Å²) in [6, 6.07) is 17.1. The van der Waals surface area contributed by atoms with Crippen LogP contribution in [0.1, 0.15) is 24.1 Å². The smallest absolute Gasteiger partial charge is 0.266 e. The Morgan fingerprint density at radius 3 is 2.54 bits per heavy atom. The van der Waals surface area contributed by atoms with Crippen molar-refractivity contribution in [3.05, 3.63) is 81.3 Å². The van der Waals surface area contributed by atoms with E-state index in [0.29, 0.717) is 38.6 Å². The van der Waals surface area contributed by atoms with Crippen LogP contribution in [0.3, 0.4) is 0 Å². The van der Waals surface area contributed by atoms with Crippen molar-refractivity contribution in [3.63, 3.8) is 0 Å². The number of benzene rings is 3. The van der Waals surface area contributed by atoms with Gasteiger partial charge in [-0.05, 0) is 77.3 Å². The van der Waals surface area contributed by atoms with E-state index >= 15 is 0 Å². The van der Waals surface area contributed by atoms with Gasteiger partial charge in [-0.2, -0.15) is 0 Å². The molecule has 2 amide bonds. The normalized spacial score (nSPS) is 21.5. The highest BCUT2D eigenvalue weighted by molar-refractivity contribution is 9.10. The number of hydrogen-bond acceptors (Lipinski definition) is 6.